The number of pyridine rings is 1. The third-order valence-electron chi connectivity index (χ3n) is 5.17. The van der Waals surface area contributed by atoms with E-state index >= 15 is 0 Å². The zero-order valence-corrected chi connectivity index (χ0v) is 19.4. The van der Waals surface area contributed by atoms with E-state index in [1.54, 1.807) is 6.20 Å². The van der Waals surface area contributed by atoms with Gasteiger partial charge in [-0.1, -0.05) is 39.8 Å². The number of ether oxygens (including phenoxy) is 1. The number of rotatable bonds is 10. The molecule has 2 aromatic carbocycles. The zero-order valence-electron chi connectivity index (χ0n) is 19.4. The Bertz CT molecular complexity index is 1020. The molecular formula is C27H33N3O2. The summed E-state index contributed by atoms with van der Waals surface area (Å²) in [5.41, 5.74) is 4.58. The Morgan fingerprint density at radius 1 is 1.00 bits per heavy atom. The Balaban J connectivity index is 1.70. The normalized spacial score (nSPS) is 10.9. The summed E-state index contributed by atoms with van der Waals surface area (Å²) in [6.45, 7) is 9.73. The molecule has 5 heteroatoms. The van der Waals surface area contributed by atoms with Crippen molar-refractivity contribution in [2.45, 2.75) is 46.6 Å². The fraction of sp³-hybridized carbons (Fsp3) is 0.333. The van der Waals surface area contributed by atoms with E-state index in [1.807, 2.05) is 54.6 Å². The fourth-order valence-corrected chi connectivity index (χ4v) is 3.33. The number of carbonyl (C=O) groups is 1. The maximum Gasteiger partial charge on any atom is 0.251 e. The number of nitrogens with one attached hydrogen (secondary N) is 2. The Morgan fingerprint density at radius 3 is 2.56 bits per heavy atom. The molecule has 0 aliphatic carbocycles. The van der Waals surface area contributed by atoms with Gasteiger partial charge in [0.25, 0.3) is 5.91 Å². The number of aromatic nitrogens is 1. The van der Waals surface area contributed by atoms with E-state index in [1.165, 1.54) is 0 Å². The Labute approximate surface area is 191 Å². The summed E-state index contributed by atoms with van der Waals surface area (Å²) < 4.78 is 5.95. The molecule has 0 unspecified atom stereocenters. The first-order chi connectivity index (χ1) is 15.4. The van der Waals surface area contributed by atoms with Gasteiger partial charge in [-0.3, -0.25) is 9.78 Å². The second-order valence-electron chi connectivity index (χ2n) is 8.66. The summed E-state index contributed by atoms with van der Waals surface area (Å²) in [7, 11) is 0. The van der Waals surface area contributed by atoms with Gasteiger partial charge in [-0.15, -0.1) is 0 Å². The predicted octanol–water partition coefficient (Wildman–Crippen LogP) is 6.30. The van der Waals surface area contributed by atoms with Gasteiger partial charge in [-0.25, -0.2) is 0 Å². The number of nitrogens with zero attached hydrogens (tertiary/aromatic N) is 1. The zero-order chi connectivity index (χ0) is 22.9. The summed E-state index contributed by atoms with van der Waals surface area (Å²) in [5, 5.41) is 6.47. The number of hydrogen-bond acceptors (Lipinski definition) is 4. The van der Waals surface area contributed by atoms with Crippen molar-refractivity contribution < 1.29 is 9.53 Å². The van der Waals surface area contributed by atoms with E-state index < -0.39 is 0 Å². The van der Waals surface area contributed by atoms with Gasteiger partial charge in [0, 0.05) is 29.7 Å². The number of anilines is 2. The third-order valence-corrected chi connectivity index (χ3v) is 5.17. The van der Waals surface area contributed by atoms with Crippen molar-refractivity contribution in [1.29, 1.82) is 0 Å². The van der Waals surface area contributed by atoms with E-state index in [-0.39, 0.29) is 5.91 Å². The Hall–Kier alpha value is -3.34. The molecule has 0 saturated heterocycles. The lowest BCUT2D eigenvalue weighted by Gasteiger charge is -2.17. The molecule has 32 heavy (non-hydrogen) atoms. The van der Waals surface area contributed by atoms with Gasteiger partial charge in [0.05, 0.1) is 5.69 Å². The monoisotopic (exact) mass is 431 g/mol. The van der Waals surface area contributed by atoms with Gasteiger partial charge in [0.2, 0.25) is 0 Å². The van der Waals surface area contributed by atoms with Crippen molar-refractivity contribution in [3.63, 3.8) is 0 Å². The summed E-state index contributed by atoms with van der Waals surface area (Å²) in [5.74, 6) is 1.63. The maximum absolute atomic E-state index is 12.5. The molecule has 0 spiro atoms. The van der Waals surface area contributed by atoms with Crippen molar-refractivity contribution in [2.24, 2.45) is 5.92 Å². The summed E-state index contributed by atoms with van der Waals surface area (Å²) in [6.07, 6.45) is 2.74. The average Bonchev–Trinajstić information content (AvgIpc) is 2.79. The van der Waals surface area contributed by atoms with Crippen LogP contribution in [0.3, 0.4) is 0 Å². The predicted molar refractivity (Wildman–Crippen MR) is 131 cm³/mol. The molecule has 2 N–H and O–H groups in total. The molecule has 0 bridgehead atoms. The number of amides is 1. The molecule has 0 atom stereocenters. The van der Waals surface area contributed by atoms with E-state index in [0.29, 0.717) is 30.6 Å². The van der Waals surface area contributed by atoms with Crippen LogP contribution in [-0.4, -0.2) is 17.4 Å². The van der Waals surface area contributed by atoms with Crippen LogP contribution in [0.1, 0.15) is 61.6 Å². The average molecular weight is 432 g/mol. The number of benzene rings is 2. The largest absolute Gasteiger partial charge is 0.487 e. The van der Waals surface area contributed by atoms with Crippen molar-refractivity contribution in [1.82, 2.24) is 10.3 Å². The van der Waals surface area contributed by atoms with Crippen molar-refractivity contribution in [2.75, 3.05) is 11.9 Å². The Kier molecular flexibility index (Phi) is 8.26. The van der Waals surface area contributed by atoms with E-state index in [2.05, 4.69) is 49.4 Å². The van der Waals surface area contributed by atoms with Crippen LogP contribution in [0.15, 0.2) is 66.9 Å². The molecule has 0 saturated carbocycles. The quantitative estimate of drug-likeness (QED) is 0.395. The minimum absolute atomic E-state index is 0.0448. The molecule has 1 amide bonds. The number of hydrogen-bond donors (Lipinski definition) is 2. The standard InChI is InChI=1S/C27H33N3O2/c1-19(2)13-15-29-27(31)21-8-7-10-22(16-21)30-26-12-11-24(17-25(26)20(3)4)32-18-23-9-5-6-14-28-23/h5-12,14,16-17,19-20,30H,13,15,18H2,1-4H3,(H,29,31). The SMILES string of the molecule is CC(C)CCNC(=O)c1cccc(Nc2ccc(OCc3ccccn3)cc2C(C)C)c1. The molecule has 3 rings (SSSR count). The molecule has 3 aromatic rings. The molecular weight excluding hydrogens is 398 g/mol. The highest BCUT2D eigenvalue weighted by Crippen LogP contribution is 2.31. The smallest absolute Gasteiger partial charge is 0.251 e. The van der Waals surface area contributed by atoms with Crippen LogP contribution in [0.2, 0.25) is 0 Å². The van der Waals surface area contributed by atoms with Crippen LogP contribution in [-0.2, 0) is 6.61 Å². The first-order valence-electron chi connectivity index (χ1n) is 11.2. The molecule has 0 fully saturated rings. The van der Waals surface area contributed by atoms with Gasteiger partial charge in [0.1, 0.15) is 12.4 Å². The molecule has 0 radical (unpaired) electrons. The lowest BCUT2D eigenvalue weighted by molar-refractivity contribution is 0.0952. The molecule has 1 heterocycles. The molecule has 168 valence electrons. The first-order valence-corrected chi connectivity index (χ1v) is 11.2. The van der Waals surface area contributed by atoms with Gasteiger partial charge in [0.15, 0.2) is 0 Å². The highest BCUT2D eigenvalue weighted by molar-refractivity contribution is 5.95. The lowest BCUT2D eigenvalue weighted by Crippen LogP contribution is -2.25. The summed E-state index contributed by atoms with van der Waals surface area (Å²) >= 11 is 0. The molecule has 1 aromatic heterocycles. The lowest BCUT2D eigenvalue weighted by atomic mass is 10.0. The van der Waals surface area contributed by atoms with Crippen molar-refractivity contribution in [3.8, 4) is 5.75 Å². The van der Waals surface area contributed by atoms with Gasteiger partial charge in [-0.2, -0.15) is 0 Å². The van der Waals surface area contributed by atoms with Crippen molar-refractivity contribution in [3.05, 3.63) is 83.7 Å². The summed E-state index contributed by atoms with van der Waals surface area (Å²) in [4.78, 5) is 16.8. The Morgan fingerprint density at radius 2 is 1.84 bits per heavy atom. The van der Waals surface area contributed by atoms with E-state index in [9.17, 15) is 4.79 Å². The van der Waals surface area contributed by atoms with Crippen LogP contribution in [0.25, 0.3) is 0 Å². The highest BCUT2D eigenvalue weighted by atomic mass is 16.5. The van der Waals surface area contributed by atoms with Crippen LogP contribution in [0, 0.1) is 5.92 Å². The maximum atomic E-state index is 12.5. The highest BCUT2D eigenvalue weighted by Gasteiger charge is 2.11. The van der Waals surface area contributed by atoms with Crippen molar-refractivity contribution >= 4 is 17.3 Å². The first kappa shape index (κ1) is 23.3. The second kappa shape index (κ2) is 11.3. The number of carbonyl (C=O) groups excluding carboxylic acids is 1. The van der Waals surface area contributed by atoms with Crippen LogP contribution < -0.4 is 15.4 Å². The van der Waals surface area contributed by atoms with Gasteiger partial charge < -0.3 is 15.4 Å². The minimum atomic E-state index is -0.0448. The van der Waals surface area contributed by atoms with E-state index in [4.69, 9.17) is 4.74 Å². The third kappa shape index (κ3) is 6.84. The molecule has 0 aliphatic heterocycles. The van der Waals surface area contributed by atoms with Gasteiger partial charge >= 0.3 is 0 Å². The van der Waals surface area contributed by atoms with Gasteiger partial charge in [-0.05, 0) is 72.4 Å². The minimum Gasteiger partial charge on any atom is -0.487 e. The van der Waals surface area contributed by atoms with Crippen LogP contribution in [0.5, 0.6) is 5.75 Å². The molecule has 0 aliphatic rings. The topological polar surface area (TPSA) is 63.2 Å². The van der Waals surface area contributed by atoms with E-state index in [0.717, 1.165) is 34.8 Å². The van der Waals surface area contributed by atoms with Crippen LogP contribution in [0.4, 0.5) is 11.4 Å². The summed E-state index contributed by atoms with van der Waals surface area (Å²) in [6, 6.07) is 19.5. The van der Waals surface area contributed by atoms with Crippen LogP contribution >= 0.6 is 0 Å². The fourth-order valence-electron chi connectivity index (χ4n) is 3.33. The molecule has 5 nitrogen and oxygen atoms in total. The second-order valence-corrected chi connectivity index (χ2v) is 8.66.